The Hall–Kier alpha value is 0.140. The lowest BCUT2D eigenvalue weighted by Gasteiger charge is -2.41. The van der Waals surface area contributed by atoms with E-state index < -0.39 is 0 Å². The molecule has 18 heavy (non-hydrogen) atoms. The molecule has 102 valence electrons. The van der Waals surface area contributed by atoms with E-state index in [1.165, 1.54) is 47.2 Å². The summed E-state index contributed by atoms with van der Waals surface area (Å²) in [5, 5.41) is 3.80. The van der Waals surface area contributed by atoms with Crippen molar-refractivity contribution in [1.82, 2.24) is 5.32 Å². The van der Waals surface area contributed by atoms with Gasteiger partial charge in [0, 0.05) is 10.9 Å². The first-order valence-corrected chi connectivity index (χ1v) is 8.75. The molecule has 0 aliphatic heterocycles. The Labute approximate surface area is 123 Å². The van der Waals surface area contributed by atoms with Crippen LogP contribution in [0.3, 0.4) is 0 Å². The van der Waals surface area contributed by atoms with E-state index >= 15 is 0 Å². The van der Waals surface area contributed by atoms with E-state index in [1.54, 1.807) is 0 Å². The number of hydrogen-bond donors (Lipinski definition) is 1. The average molecular weight is 330 g/mol. The molecule has 0 bridgehead atoms. The van der Waals surface area contributed by atoms with Crippen LogP contribution in [0.25, 0.3) is 0 Å². The van der Waals surface area contributed by atoms with Crippen molar-refractivity contribution < 1.29 is 0 Å². The van der Waals surface area contributed by atoms with Gasteiger partial charge in [0.05, 0.1) is 3.79 Å². The molecule has 0 spiro atoms. The first kappa shape index (κ1) is 14.5. The van der Waals surface area contributed by atoms with Crippen LogP contribution < -0.4 is 5.32 Å². The molecule has 1 unspecified atom stereocenters. The van der Waals surface area contributed by atoms with Crippen LogP contribution in [-0.2, 0) is 0 Å². The Morgan fingerprint density at radius 3 is 2.61 bits per heavy atom. The molecule has 2 rings (SSSR count). The minimum atomic E-state index is 0.442. The first-order chi connectivity index (χ1) is 8.65. The third kappa shape index (κ3) is 3.37. The van der Waals surface area contributed by atoms with Crippen LogP contribution in [0.4, 0.5) is 0 Å². The summed E-state index contributed by atoms with van der Waals surface area (Å²) in [4.78, 5) is 1.50. The van der Waals surface area contributed by atoms with Crippen LogP contribution in [0, 0.1) is 5.41 Å². The van der Waals surface area contributed by atoms with E-state index in [9.17, 15) is 0 Å². The Balaban J connectivity index is 2.18. The quantitative estimate of drug-likeness (QED) is 0.749. The highest BCUT2D eigenvalue weighted by molar-refractivity contribution is 9.11. The topological polar surface area (TPSA) is 12.0 Å². The van der Waals surface area contributed by atoms with E-state index in [2.05, 4.69) is 47.2 Å². The van der Waals surface area contributed by atoms with Gasteiger partial charge in [0.25, 0.3) is 0 Å². The summed E-state index contributed by atoms with van der Waals surface area (Å²) in [5.41, 5.74) is 0.442. The van der Waals surface area contributed by atoms with E-state index in [0.29, 0.717) is 11.5 Å². The summed E-state index contributed by atoms with van der Waals surface area (Å²) in [7, 11) is 0. The van der Waals surface area contributed by atoms with Crippen LogP contribution in [0.5, 0.6) is 0 Å². The number of rotatable bonds is 5. The number of hydrogen-bond acceptors (Lipinski definition) is 2. The largest absolute Gasteiger partial charge is 0.309 e. The second kappa shape index (κ2) is 6.53. The molecule has 0 amide bonds. The summed E-state index contributed by atoms with van der Waals surface area (Å²) in [6, 6.07) is 5.02. The van der Waals surface area contributed by atoms with E-state index in [0.717, 1.165) is 6.54 Å². The lowest BCUT2D eigenvalue weighted by molar-refractivity contribution is 0.147. The summed E-state index contributed by atoms with van der Waals surface area (Å²) >= 11 is 5.49. The summed E-state index contributed by atoms with van der Waals surface area (Å²) in [5.74, 6) is 0. The van der Waals surface area contributed by atoms with Crippen molar-refractivity contribution in [3.8, 4) is 0 Å². The van der Waals surface area contributed by atoms with Gasteiger partial charge in [-0.25, -0.2) is 0 Å². The fraction of sp³-hybridized carbons (Fsp3) is 0.733. The molecule has 3 heteroatoms. The fourth-order valence-electron chi connectivity index (χ4n) is 3.11. The highest BCUT2D eigenvalue weighted by atomic mass is 79.9. The van der Waals surface area contributed by atoms with Gasteiger partial charge < -0.3 is 5.32 Å². The molecular formula is C15H24BrNS. The molecule has 1 heterocycles. The van der Waals surface area contributed by atoms with Crippen molar-refractivity contribution in [2.75, 3.05) is 6.54 Å². The maximum atomic E-state index is 3.80. The zero-order valence-corrected chi connectivity index (χ0v) is 13.9. The van der Waals surface area contributed by atoms with Gasteiger partial charge >= 0.3 is 0 Å². The highest BCUT2D eigenvalue weighted by Gasteiger charge is 2.36. The lowest BCUT2D eigenvalue weighted by Crippen LogP contribution is -2.37. The highest BCUT2D eigenvalue weighted by Crippen LogP contribution is 2.47. The molecule has 1 N–H and O–H groups in total. The maximum absolute atomic E-state index is 3.80. The molecule has 1 atom stereocenters. The molecule has 0 radical (unpaired) electrons. The van der Waals surface area contributed by atoms with Crippen molar-refractivity contribution in [3.05, 3.63) is 20.8 Å². The van der Waals surface area contributed by atoms with Gasteiger partial charge in [-0.15, -0.1) is 11.3 Å². The molecule has 0 aromatic carbocycles. The van der Waals surface area contributed by atoms with Gasteiger partial charge in [0.1, 0.15) is 0 Å². The van der Waals surface area contributed by atoms with Crippen LogP contribution in [0.2, 0.25) is 0 Å². The zero-order valence-electron chi connectivity index (χ0n) is 11.5. The molecular weight excluding hydrogens is 306 g/mol. The Morgan fingerprint density at radius 1 is 1.33 bits per heavy atom. The maximum Gasteiger partial charge on any atom is 0.0701 e. The van der Waals surface area contributed by atoms with Gasteiger partial charge in [0.2, 0.25) is 0 Å². The predicted octanol–water partition coefficient (Wildman–Crippen LogP) is 5.52. The molecule has 1 saturated carbocycles. The van der Waals surface area contributed by atoms with Gasteiger partial charge in [0.15, 0.2) is 0 Å². The molecule has 1 aliphatic carbocycles. The number of halogens is 1. The van der Waals surface area contributed by atoms with Gasteiger partial charge in [-0.3, -0.25) is 0 Å². The standard InChI is InChI=1S/C15H24BrNS/c1-3-11-17-14(12-7-8-13(16)18-12)15(2)9-5-4-6-10-15/h7-8,14,17H,3-6,9-11H2,1-2H3. The second-order valence-electron chi connectivity index (χ2n) is 5.74. The van der Waals surface area contributed by atoms with E-state index in [-0.39, 0.29) is 0 Å². The Kier molecular flexibility index (Phi) is 5.28. The minimum absolute atomic E-state index is 0.442. The minimum Gasteiger partial charge on any atom is -0.309 e. The summed E-state index contributed by atoms with van der Waals surface area (Å²) < 4.78 is 1.25. The summed E-state index contributed by atoms with van der Waals surface area (Å²) in [6.07, 6.45) is 8.15. The van der Waals surface area contributed by atoms with Crippen molar-refractivity contribution in [1.29, 1.82) is 0 Å². The first-order valence-electron chi connectivity index (χ1n) is 7.14. The van der Waals surface area contributed by atoms with Crippen molar-refractivity contribution in [2.45, 2.75) is 58.4 Å². The second-order valence-corrected chi connectivity index (χ2v) is 8.24. The fourth-order valence-corrected chi connectivity index (χ4v) is 4.79. The molecule has 1 aromatic rings. The van der Waals surface area contributed by atoms with Crippen LogP contribution in [-0.4, -0.2) is 6.54 Å². The van der Waals surface area contributed by atoms with Crippen molar-refractivity contribution in [2.24, 2.45) is 5.41 Å². The van der Waals surface area contributed by atoms with Crippen molar-refractivity contribution in [3.63, 3.8) is 0 Å². The number of nitrogens with one attached hydrogen (secondary N) is 1. The Bertz CT molecular complexity index is 368. The lowest BCUT2D eigenvalue weighted by atomic mass is 9.70. The SMILES string of the molecule is CCCNC(c1ccc(Br)s1)C1(C)CCCCC1. The monoisotopic (exact) mass is 329 g/mol. The molecule has 1 aromatic heterocycles. The molecule has 0 saturated heterocycles. The third-order valence-electron chi connectivity index (χ3n) is 4.17. The number of thiophene rings is 1. The Morgan fingerprint density at radius 2 is 2.06 bits per heavy atom. The smallest absolute Gasteiger partial charge is 0.0701 e. The van der Waals surface area contributed by atoms with E-state index in [4.69, 9.17) is 0 Å². The molecule has 1 fully saturated rings. The third-order valence-corrected chi connectivity index (χ3v) is 5.86. The molecule has 1 nitrogen and oxygen atoms in total. The molecule has 1 aliphatic rings. The average Bonchev–Trinajstić information content (AvgIpc) is 2.77. The van der Waals surface area contributed by atoms with Crippen LogP contribution in [0.1, 0.15) is 63.3 Å². The van der Waals surface area contributed by atoms with Crippen molar-refractivity contribution >= 4 is 27.3 Å². The summed E-state index contributed by atoms with van der Waals surface area (Å²) in [6.45, 7) is 5.85. The van der Waals surface area contributed by atoms with Crippen LogP contribution in [0.15, 0.2) is 15.9 Å². The van der Waals surface area contributed by atoms with Gasteiger partial charge in [-0.2, -0.15) is 0 Å². The van der Waals surface area contributed by atoms with Crippen LogP contribution >= 0.6 is 27.3 Å². The van der Waals surface area contributed by atoms with Gasteiger partial charge in [-0.05, 0) is 59.3 Å². The zero-order chi connectivity index (χ0) is 13.0. The predicted molar refractivity (Wildman–Crippen MR) is 84.2 cm³/mol. The van der Waals surface area contributed by atoms with Gasteiger partial charge in [-0.1, -0.05) is 33.1 Å². The van der Waals surface area contributed by atoms with E-state index in [1.807, 2.05) is 11.3 Å². The normalized spacial score (nSPS) is 20.8.